The van der Waals surface area contributed by atoms with Gasteiger partial charge in [0.1, 0.15) is 0 Å². The molecule has 0 spiro atoms. The second kappa shape index (κ2) is 7.99. The molecule has 0 bridgehead atoms. The first-order valence-electron chi connectivity index (χ1n) is 8.29. The summed E-state index contributed by atoms with van der Waals surface area (Å²) in [6.45, 7) is 4.57. The molecule has 1 saturated carbocycles. The van der Waals surface area contributed by atoms with Crippen molar-refractivity contribution in [1.82, 2.24) is 5.32 Å². The van der Waals surface area contributed by atoms with E-state index in [1.807, 2.05) is 0 Å². The van der Waals surface area contributed by atoms with E-state index < -0.39 is 0 Å². The van der Waals surface area contributed by atoms with Gasteiger partial charge < -0.3 is 15.8 Å². The third kappa shape index (κ3) is 4.45. The summed E-state index contributed by atoms with van der Waals surface area (Å²) in [4.78, 5) is 12.4. The minimum atomic E-state index is 0.211. The maximum absolute atomic E-state index is 12.4. The van der Waals surface area contributed by atoms with Crippen molar-refractivity contribution >= 4 is 5.91 Å². The fourth-order valence-electron chi connectivity index (χ4n) is 3.70. The van der Waals surface area contributed by atoms with Crippen LogP contribution in [0.25, 0.3) is 0 Å². The van der Waals surface area contributed by atoms with Crippen LogP contribution in [0.4, 0.5) is 0 Å². The molecule has 3 atom stereocenters. The second-order valence-corrected chi connectivity index (χ2v) is 6.55. The Bertz CT molecular complexity index is 301. The summed E-state index contributed by atoms with van der Waals surface area (Å²) in [6, 6.07) is 0.279. The molecule has 3 N–H and O–H groups in total. The number of carbonyl (C=O) groups excluding carboxylic acids is 1. The molecule has 1 saturated heterocycles. The highest BCUT2D eigenvalue weighted by atomic mass is 16.5. The van der Waals surface area contributed by atoms with Gasteiger partial charge in [0.15, 0.2) is 0 Å². The Balaban J connectivity index is 1.78. The molecule has 2 rings (SSSR count). The van der Waals surface area contributed by atoms with Crippen molar-refractivity contribution in [2.45, 2.75) is 57.9 Å². The quantitative estimate of drug-likeness (QED) is 0.811. The lowest BCUT2D eigenvalue weighted by Crippen LogP contribution is -2.44. The summed E-state index contributed by atoms with van der Waals surface area (Å²) in [5, 5.41) is 3.26. The molecule has 2 aliphatic rings. The van der Waals surface area contributed by atoms with E-state index in [-0.39, 0.29) is 17.9 Å². The first-order chi connectivity index (χ1) is 9.70. The van der Waals surface area contributed by atoms with Gasteiger partial charge in [0.25, 0.3) is 0 Å². The van der Waals surface area contributed by atoms with E-state index in [1.54, 1.807) is 0 Å². The second-order valence-electron chi connectivity index (χ2n) is 6.55. The maximum atomic E-state index is 12.4. The number of carbonyl (C=O) groups is 1. The molecule has 0 aromatic carbocycles. The SMILES string of the molecule is CC(NC(=O)C1CCCC(CCN)C1)C1CCOCC1. The van der Waals surface area contributed by atoms with Crippen LogP contribution in [0.3, 0.4) is 0 Å². The molecule has 1 amide bonds. The molecular weight excluding hydrogens is 252 g/mol. The highest BCUT2D eigenvalue weighted by Crippen LogP contribution is 2.31. The molecule has 0 radical (unpaired) electrons. The third-order valence-corrected chi connectivity index (χ3v) is 5.07. The zero-order chi connectivity index (χ0) is 14.4. The van der Waals surface area contributed by atoms with E-state index in [9.17, 15) is 4.79 Å². The highest BCUT2D eigenvalue weighted by Gasteiger charge is 2.29. The highest BCUT2D eigenvalue weighted by molar-refractivity contribution is 5.79. The Kier molecular flexibility index (Phi) is 6.30. The largest absolute Gasteiger partial charge is 0.381 e. The van der Waals surface area contributed by atoms with E-state index in [4.69, 9.17) is 10.5 Å². The molecule has 116 valence electrons. The number of amides is 1. The van der Waals surface area contributed by atoms with Gasteiger partial charge >= 0.3 is 0 Å². The zero-order valence-electron chi connectivity index (χ0n) is 12.8. The summed E-state index contributed by atoms with van der Waals surface area (Å²) in [5.74, 6) is 1.72. The molecular formula is C16H30N2O2. The van der Waals surface area contributed by atoms with Gasteiger partial charge in [-0.1, -0.05) is 12.8 Å². The molecule has 20 heavy (non-hydrogen) atoms. The van der Waals surface area contributed by atoms with Crippen molar-refractivity contribution in [3.8, 4) is 0 Å². The van der Waals surface area contributed by atoms with Crippen LogP contribution in [0.2, 0.25) is 0 Å². The first kappa shape index (κ1) is 15.8. The molecule has 4 heteroatoms. The Hall–Kier alpha value is -0.610. The van der Waals surface area contributed by atoms with Gasteiger partial charge in [0.05, 0.1) is 0 Å². The number of ether oxygens (including phenoxy) is 1. The maximum Gasteiger partial charge on any atom is 0.223 e. The molecule has 4 nitrogen and oxygen atoms in total. The van der Waals surface area contributed by atoms with Gasteiger partial charge in [0.2, 0.25) is 5.91 Å². The van der Waals surface area contributed by atoms with Crippen molar-refractivity contribution < 1.29 is 9.53 Å². The Morgan fingerprint density at radius 2 is 2.05 bits per heavy atom. The van der Waals surface area contributed by atoms with Crippen molar-refractivity contribution in [2.75, 3.05) is 19.8 Å². The molecule has 1 heterocycles. The molecule has 0 aromatic rings. The Morgan fingerprint density at radius 1 is 1.30 bits per heavy atom. The summed E-state index contributed by atoms with van der Waals surface area (Å²) in [6.07, 6.45) is 7.71. The molecule has 1 aliphatic heterocycles. The fourth-order valence-corrected chi connectivity index (χ4v) is 3.70. The number of nitrogens with two attached hydrogens (primary N) is 1. The van der Waals surface area contributed by atoms with Crippen molar-refractivity contribution in [1.29, 1.82) is 0 Å². The fraction of sp³-hybridized carbons (Fsp3) is 0.938. The van der Waals surface area contributed by atoms with E-state index in [0.717, 1.165) is 51.9 Å². The Morgan fingerprint density at radius 3 is 2.75 bits per heavy atom. The smallest absolute Gasteiger partial charge is 0.223 e. The normalized spacial score (nSPS) is 29.9. The summed E-state index contributed by atoms with van der Waals surface area (Å²) >= 11 is 0. The number of rotatable bonds is 5. The zero-order valence-corrected chi connectivity index (χ0v) is 12.8. The van der Waals surface area contributed by atoms with Crippen molar-refractivity contribution in [2.24, 2.45) is 23.5 Å². The van der Waals surface area contributed by atoms with E-state index in [0.29, 0.717) is 11.8 Å². The number of hydrogen-bond donors (Lipinski definition) is 2. The van der Waals surface area contributed by atoms with Gasteiger partial charge in [0, 0.05) is 25.2 Å². The number of hydrogen-bond acceptors (Lipinski definition) is 3. The van der Waals surface area contributed by atoms with Crippen LogP contribution < -0.4 is 11.1 Å². The standard InChI is InChI=1S/C16H30N2O2/c1-12(14-6-9-20-10-7-14)18-16(19)15-4-2-3-13(11-15)5-8-17/h12-15H,2-11,17H2,1H3,(H,18,19). The lowest BCUT2D eigenvalue weighted by Gasteiger charge is -2.32. The van der Waals surface area contributed by atoms with Crippen LogP contribution in [0.15, 0.2) is 0 Å². The van der Waals surface area contributed by atoms with Gasteiger partial charge in [-0.05, 0) is 57.4 Å². The van der Waals surface area contributed by atoms with Gasteiger partial charge in [-0.25, -0.2) is 0 Å². The van der Waals surface area contributed by atoms with Gasteiger partial charge in [-0.15, -0.1) is 0 Å². The van der Waals surface area contributed by atoms with Crippen molar-refractivity contribution in [3.63, 3.8) is 0 Å². The summed E-state index contributed by atoms with van der Waals surface area (Å²) in [5.41, 5.74) is 5.65. The average molecular weight is 282 g/mol. The predicted octanol–water partition coefficient (Wildman–Crippen LogP) is 2.07. The van der Waals surface area contributed by atoms with Crippen LogP contribution >= 0.6 is 0 Å². The summed E-state index contributed by atoms with van der Waals surface area (Å²) in [7, 11) is 0. The van der Waals surface area contributed by atoms with Crippen LogP contribution in [0.5, 0.6) is 0 Å². The summed E-state index contributed by atoms with van der Waals surface area (Å²) < 4.78 is 5.39. The first-order valence-corrected chi connectivity index (χ1v) is 8.29. The van der Waals surface area contributed by atoms with E-state index in [2.05, 4.69) is 12.2 Å². The predicted molar refractivity (Wildman–Crippen MR) is 80.3 cm³/mol. The minimum absolute atomic E-state index is 0.211. The molecule has 0 aromatic heterocycles. The van der Waals surface area contributed by atoms with Gasteiger partial charge in [-0.2, -0.15) is 0 Å². The minimum Gasteiger partial charge on any atom is -0.381 e. The van der Waals surface area contributed by atoms with Crippen molar-refractivity contribution in [3.05, 3.63) is 0 Å². The number of nitrogens with one attached hydrogen (secondary N) is 1. The Labute approximate surface area is 122 Å². The molecule has 1 aliphatic carbocycles. The monoisotopic (exact) mass is 282 g/mol. The van der Waals surface area contributed by atoms with Crippen LogP contribution in [-0.4, -0.2) is 31.7 Å². The topological polar surface area (TPSA) is 64.4 Å². The van der Waals surface area contributed by atoms with E-state index >= 15 is 0 Å². The molecule has 3 unspecified atom stereocenters. The van der Waals surface area contributed by atoms with Crippen LogP contribution in [0, 0.1) is 17.8 Å². The lowest BCUT2D eigenvalue weighted by molar-refractivity contribution is -0.127. The average Bonchev–Trinajstić information content (AvgIpc) is 2.48. The lowest BCUT2D eigenvalue weighted by atomic mass is 9.79. The van der Waals surface area contributed by atoms with Crippen LogP contribution in [0.1, 0.15) is 51.9 Å². The molecule has 2 fully saturated rings. The third-order valence-electron chi connectivity index (χ3n) is 5.07. The van der Waals surface area contributed by atoms with E-state index in [1.165, 1.54) is 12.8 Å². The van der Waals surface area contributed by atoms with Gasteiger partial charge in [-0.3, -0.25) is 4.79 Å². The van der Waals surface area contributed by atoms with Crippen LogP contribution in [-0.2, 0) is 9.53 Å².